The van der Waals surface area contributed by atoms with Crippen LogP contribution in [0.15, 0.2) is 54.6 Å². The molecule has 0 saturated heterocycles. The van der Waals surface area contributed by atoms with E-state index in [0.717, 1.165) is 29.7 Å². The summed E-state index contributed by atoms with van der Waals surface area (Å²) >= 11 is 0. The second-order valence-electron chi connectivity index (χ2n) is 6.20. The third-order valence-electron chi connectivity index (χ3n) is 4.11. The van der Waals surface area contributed by atoms with Gasteiger partial charge >= 0.3 is 0 Å². The number of nitrogens with one attached hydrogen (secondary N) is 2. The highest BCUT2D eigenvalue weighted by atomic mass is 19.1. The van der Waals surface area contributed by atoms with E-state index in [-0.39, 0.29) is 11.7 Å². The summed E-state index contributed by atoms with van der Waals surface area (Å²) in [6, 6.07) is 15.3. The number of amides is 1. The maximum atomic E-state index is 12.9. The van der Waals surface area contributed by atoms with Gasteiger partial charge in [0.2, 0.25) is 0 Å². The number of halogens is 1. The van der Waals surface area contributed by atoms with E-state index in [1.807, 2.05) is 24.3 Å². The van der Waals surface area contributed by atoms with Crippen molar-refractivity contribution in [2.24, 2.45) is 0 Å². The molecule has 3 aromatic rings. The molecule has 1 heterocycles. The average Bonchev–Trinajstić information content (AvgIpc) is 3.18. The first-order valence-corrected chi connectivity index (χ1v) is 8.97. The van der Waals surface area contributed by atoms with Crippen molar-refractivity contribution in [3.05, 3.63) is 71.7 Å². The summed E-state index contributed by atoms with van der Waals surface area (Å²) in [5.74, 6) is 0.252. The first kappa shape index (κ1) is 18.6. The Bertz CT molecular complexity index is 873. The van der Waals surface area contributed by atoms with Crippen molar-refractivity contribution in [2.45, 2.75) is 26.3 Å². The molecule has 1 aromatic heterocycles. The molecule has 0 radical (unpaired) electrons. The van der Waals surface area contributed by atoms with Crippen molar-refractivity contribution < 1.29 is 13.9 Å². The molecule has 0 fully saturated rings. The van der Waals surface area contributed by atoms with Crippen LogP contribution in [-0.2, 0) is 6.54 Å². The zero-order valence-electron chi connectivity index (χ0n) is 15.2. The molecule has 1 amide bonds. The minimum Gasteiger partial charge on any atom is -0.494 e. The quantitative estimate of drug-likeness (QED) is 0.583. The molecule has 0 aliphatic heterocycles. The predicted octanol–water partition coefficient (Wildman–Crippen LogP) is 4.32. The summed E-state index contributed by atoms with van der Waals surface area (Å²) in [6.45, 7) is 3.14. The summed E-state index contributed by atoms with van der Waals surface area (Å²) in [7, 11) is 0. The van der Waals surface area contributed by atoms with Gasteiger partial charge in [-0.05, 0) is 54.4 Å². The Kier molecular flexibility index (Phi) is 6.20. The maximum absolute atomic E-state index is 12.9. The summed E-state index contributed by atoms with van der Waals surface area (Å²) in [6.07, 6.45) is 2.12. The second-order valence-corrected chi connectivity index (χ2v) is 6.20. The number of nitrogens with zero attached hydrogens (tertiary/aromatic N) is 1. The lowest BCUT2D eigenvalue weighted by atomic mass is 10.1. The fourth-order valence-electron chi connectivity index (χ4n) is 2.52. The molecule has 2 N–H and O–H groups in total. The third-order valence-corrected chi connectivity index (χ3v) is 4.11. The van der Waals surface area contributed by atoms with Gasteiger partial charge in [-0.1, -0.05) is 25.5 Å². The average molecular weight is 367 g/mol. The number of aromatic nitrogens is 2. The number of aromatic amines is 1. The highest BCUT2D eigenvalue weighted by molar-refractivity contribution is 5.93. The van der Waals surface area contributed by atoms with Crippen LogP contribution in [0.5, 0.6) is 5.75 Å². The molecule has 0 spiro atoms. The smallest absolute Gasteiger partial charge is 0.269 e. The monoisotopic (exact) mass is 367 g/mol. The Morgan fingerprint density at radius 2 is 1.89 bits per heavy atom. The van der Waals surface area contributed by atoms with E-state index >= 15 is 0 Å². The van der Waals surface area contributed by atoms with Crippen molar-refractivity contribution in [3.63, 3.8) is 0 Å². The van der Waals surface area contributed by atoms with Gasteiger partial charge in [0.25, 0.3) is 5.91 Å². The number of hydrogen-bond acceptors (Lipinski definition) is 3. The number of H-pyrrole nitrogens is 1. The molecule has 0 saturated carbocycles. The summed E-state index contributed by atoms with van der Waals surface area (Å²) in [5.41, 5.74) is 2.77. The van der Waals surface area contributed by atoms with Gasteiger partial charge in [-0.15, -0.1) is 0 Å². The van der Waals surface area contributed by atoms with E-state index in [0.29, 0.717) is 24.5 Å². The Balaban J connectivity index is 1.58. The van der Waals surface area contributed by atoms with Gasteiger partial charge in [0, 0.05) is 12.1 Å². The van der Waals surface area contributed by atoms with Crippen LogP contribution in [0.25, 0.3) is 11.3 Å². The SMILES string of the molecule is CCCCOc1ccc(-c2cc(C(=O)NCc3ccc(F)cc3)[nH]n2)cc1. The van der Waals surface area contributed by atoms with E-state index in [1.54, 1.807) is 18.2 Å². The molecule has 3 rings (SSSR count). The summed E-state index contributed by atoms with van der Waals surface area (Å²) < 4.78 is 18.6. The molecule has 27 heavy (non-hydrogen) atoms. The minimum atomic E-state index is -0.301. The van der Waals surface area contributed by atoms with E-state index in [2.05, 4.69) is 22.4 Å². The Hall–Kier alpha value is -3.15. The lowest BCUT2D eigenvalue weighted by Crippen LogP contribution is -2.23. The van der Waals surface area contributed by atoms with Crippen molar-refractivity contribution in [1.29, 1.82) is 0 Å². The molecular formula is C21H22FN3O2. The van der Waals surface area contributed by atoms with Crippen LogP contribution in [0.1, 0.15) is 35.8 Å². The maximum Gasteiger partial charge on any atom is 0.269 e. The number of rotatable bonds is 8. The highest BCUT2D eigenvalue weighted by Gasteiger charge is 2.11. The molecule has 5 nitrogen and oxygen atoms in total. The van der Waals surface area contributed by atoms with E-state index in [4.69, 9.17) is 4.74 Å². The first-order chi connectivity index (χ1) is 13.2. The largest absolute Gasteiger partial charge is 0.494 e. The molecule has 0 unspecified atom stereocenters. The molecular weight excluding hydrogens is 345 g/mol. The molecule has 2 aromatic carbocycles. The van der Waals surface area contributed by atoms with Gasteiger partial charge in [-0.2, -0.15) is 5.10 Å². The van der Waals surface area contributed by atoms with E-state index in [9.17, 15) is 9.18 Å². The third kappa shape index (κ3) is 5.17. The number of hydrogen-bond donors (Lipinski definition) is 2. The number of unbranched alkanes of at least 4 members (excludes halogenated alkanes) is 1. The summed E-state index contributed by atoms with van der Waals surface area (Å²) in [4.78, 5) is 12.3. The Morgan fingerprint density at radius 3 is 2.59 bits per heavy atom. The van der Waals surface area contributed by atoms with Crippen LogP contribution < -0.4 is 10.1 Å². The van der Waals surface area contributed by atoms with Crippen LogP contribution >= 0.6 is 0 Å². The minimum absolute atomic E-state index is 0.266. The van der Waals surface area contributed by atoms with Crippen LogP contribution in [0.4, 0.5) is 4.39 Å². The topological polar surface area (TPSA) is 67.0 Å². The number of carbonyl (C=O) groups is 1. The Labute approximate surface area is 157 Å². The van der Waals surface area contributed by atoms with Gasteiger partial charge in [0.15, 0.2) is 0 Å². The van der Waals surface area contributed by atoms with Crippen LogP contribution in [0, 0.1) is 5.82 Å². The molecule has 0 bridgehead atoms. The van der Waals surface area contributed by atoms with Crippen LogP contribution in [-0.4, -0.2) is 22.7 Å². The zero-order valence-corrected chi connectivity index (χ0v) is 15.2. The van der Waals surface area contributed by atoms with Gasteiger partial charge in [-0.3, -0.25) is 9.89 Å². The van der Waals surface area contributed by atoms with Gasteiger partial charge < -0.3 is 10.1 Å². The highest BCUT2D eigenvalue weighted by Crippen LogP contribution is 2.21. The number of ether oxygens (including phenoxy) is 1. The van der Waals surface area contributed by atoms with Crippen molar-refractivity contribution >= 4 is 5.91 Å². The van der Waals surface area contributed by atoms with Crippen molar-refractivity contribution in [3.8, 4) is 17.0 Å². The van der Waals surface area contributed by atoms with E-state index < -0.39 is 0 Å². The lowest BCUT2D eigenvalue weighted by Gasteiger charge is -2.05. The molecule has 0 atom stereocenters. The van der Waals surface area contributed by atoms with Crippen molar-refractivity contribution in [2.75, 3.05) is 6.61 Å². The van der Waals surface area contributed by atoms with E-state index in [1.165, 1.54) is 12.1 Å². The molecule has 6 heteroatoms. The van der Waals surface area contributed by atoms with Crippen molar-refractivity contribution in [1.82, 2.24) is 15.5 Å². The molecule has 0 aliphatic rings. The van der Waals surface area contributed by atoms with Gasteiger partial charge in [0.05, 0.1) is 12.3 Å². The molecule has 0 aliphatic carbocycles. The number of benzene rings is 2. The first-order valence-electron chi connectivity index (χ1n) is 8.97. The molecule has 140 valence electrons. The lowest BCUT2D eigenvalue weighted by molar-refractivity contribution is 0.0946. The van der Waals surface area contributed by atoms with Crippen LogP contribution in [0.3, 0.4) is 0 Å². The fraction of sp³-hybridized carbons (Fsp3) is 0.238. The zero-order chi connectivity index (χ0) is 19.1. The predicted molar refractivity (Wildman–Crippen MR) is 102 cm³/mol. The Morgan fingerprint density at radius 1 is 1.15 bits per heavy atom. The van der Waals surface area contributed by atoms with Gasteiger partial charge in [-0.25, -0.2) is 4.39 Å². The summed E-state index contributed by atoms with van der Waals surface area (Å²) in [5, 5.41) is 9.74. The fourth-order valence-corrected chi connectivity index (χ4v) is 2.52. The number of carbonyl (C=O) groups excluding carboxylic acids is 1. The van der Waals surface area contributed by atoms with Crippen LogP contribution in [0.2, 0.25) is 0 Å². The normalized spacial score (nSPS) is 10.6. The standard InChI is InChI=1S/C21H22FN3O2/c1-2-3-12-27-18-10-6-16(7-11-18)19-13-20(25-24-19)21(26)23-14-15-4-8-17(22)9-5-15/h4-11,13H,2-3,12,14H2,1H3,(H,23,26)(H,24,25). The van der Waals surface area contributed by atoms with Gasteiger partial charge in [0.1, 0.15) is 17.3 Å². The second kappa shape index (κ2) is 8.98.